The van der Waals surface area contributed by atoms with E-state index in [2.05, 4.69) is 10.3 Å². The summed E-state index contributed by atoms with van der Waals surface area (Å²) in [5.41, 5.74) is -0.235. The molecule has 1 N–H and O–H groups in total. The number of halogens is 1. The molecule has 7 heteroatoms. The Balaban J connectivity index is 2.91. The fourth-order valence-corrected chi connectivity index (χ4v) is 1.69. The third kappa shape index (κ3) is 3.66. The molecule has 0 aromatic carbocycles. The lowest BCUT2D eigenvalue weighted by atomic mass is 10.1. The van der Waals surface area contributed by atoms with E-state index in [1.165, 1.54) is 0 Å². The normalized spacial score (nSPS) is 11.9. The van der Waals surface area contributed by atoms with Gasteiger partial charge < -0.3 is 5.32 Å². The van der Waals surface area contributed by atoms with Gasteiger partial charge in [-0.25, -0.2) is 4.98 Å². The van der Waals surface area contributed by atoms with Gasteiger partial charge in [0.1, 0.15) is 11.3 Å². The monoisotopic (exact) mass is 271 g/mol. The summed E-state index contributed by atoms with van der Waals surface area (Å²) in [6, 6.07) is 1.11. The van der Waals surface area contributed by atoms with Gasteiger partial charge in [0.25, 0.3) is 11.6 Å². The van der Waals surface area contributed by atoms with Crippen molar-refractivity contribution in [2.24, 2.45) is 0 Å². The molecule has 6 nitrogen and oxygen atoms in total. The Bertz CT molecular complexity index is 465. The van der Waals surface area contributed by atoms with Gasteiger partial charge in [0, 0.05) is 12.1 Å². The van der Waals surface area contributed by atoms with Crippen LogP contribution in [0.1, 0.15) is 37.0 Å². The molecule has 1 unspecified atom stereocenters. The van der Waals surface area contributed by atoms with Crippen LogP contribution in [0.3, 0.4) is 0 Å². The quantitative estimate of drug-likeness (QED) is 0.507. The van der Waals surface area contributed by atoms with Gasteiger partial charge in [0.15, 0.2) is 0 Å². The Morgan fingerprint density at radius 2 is 2.33 bits per heavy atom. The highest BCUT2D eigenvalue weighted by Crippen LogP contribution is 2.19. The molecule has 1 heterocycles. The lowest BCUT2D eigenvalue weighted by Gasteiger charge is -2.12. The van der Waals surface area contributed by atoms with E-state index in [0.29, 0.717) is 0 Å². The minimum absolute atomic E-state index is 0.0159. The number of nitrogens with zero attached hydrogens (tertiary/aromatic N) is 2. The molecule has 1 aromatic heterocycles. The van der Waals surface area contributed by atoms with Gasteiger partial charge in [-0.15, -0.1) is 0 Å². The van der Waals surface area contributed by atoms with Gasteiger partial charge in [-0.05, 0) is 13.3 Å². The maximum absolute atomic E-state index is 11.9. The molecule has 1 atom stereocenters. The predicted molar refractivity (Wildman–Crippen MR) is 67.7 cm³/mol. The van der Waals surface area contributed by atoms with Gasteiger partial charge in [-0.2, -0.15) is 0 Å². The van der Waals surface area contributed by atoms with Crippen molar-refractivity contribution in [3.05, 3.63) is 33.1 Å². The number of rotatable bonds is 5. The highest BCUT2D eigenvalue weighted by molar-refractivity contribution is 6.32. The lowest BCUT2D eigenvalue weighted by Crippen LogP contribution is -2.32. The number of carbonyl (C=O) groups excluding carboxylic acids is 1. The molecule has 0 aliphatic carbocycles. The summed E-state index contributed by atoms with van der Waals surface area (Å²) in [6.45, 7) is 3.87. The average Bonchev–Trinajstić information content (AvgIpc) is 2.29. The number of nitro groups is 1. The Labute approximate surface area is 110 Å². The second-order valence-electron chi connectivity index (χ2n) is 3.95. The van der Waals surface area contributed by atoms with Crippen molar-refractivity contribution in [2.75, 3.05) is 0 Å². The minimum Gasteiger partial charge on any atom is -0.349 e. The third-order valence-electron chi connectivity index (χ3n) is 2.38. The Kier molecular flexibility index (Phi) is 5.03. The molecule has 1 amide bonds. The van der Waals surface area contributed by atoms with Crippen molar-refractivity contribution in [2.45, 2.75) is 32.7 Å². The summed E-state index contributed by atoms with van der Waals surface area (Å²) in [6.07, 6.45) is 2.78. The smallest absolute Gasteiger partial charge is 0.288 e. The van der Waals surface area contributed by atoms with Crippen LogP contribution in [-0.4, -0.2) is 21.9 Å². The molecule has 0 fully saturated rings. The highest BCUT2D eigenvalue weighted by Gasteiger charge is 2.18. The third-order valence-corrected chi connectivity index (χ3v) is 2.68. The van der Waals surface area contributed by atoms with Crippen LogP contribution in [0, 0.1) is 10.1 Å². The summed E-state index contributed by atoms with van der Waals surface area (Å²) in [7, 11) is 0. The number of nitrogens with one attached hydrogen (secondary N) is 1. The zero-order chi connectivity index (χ0) is 13.7. The zero-order valence-electron chi connectivity index (χ0n) is 10.1. The zero-order valence-corrected chi connectivity index (χ0v) is 10.9. The van der Waals surface area contributed by atoms with Crippen LogP contribution in [0.4, 0.5) is 5.69 Å². The van der Waals surface area contributed by atoms with Crippen molar-refractivity contribution < 1.29 is 9.72 Å². The summed E-state index contributed by atoms with van der Waals surface area (Å²) in [5, 5.41) is 13.3. The molecule has 0 spiro atoms. The number of hydrogen-bond donors (Lipinski definition) is 1. The van der Waals surface area contributed by atoms with Crippen LogP contribution in [-0.2, 0) is 0 Å². The molecule has 0 aliphatic heterocycles. The van der Waals surface area contributed by atoms with E-state index in [-0.39, 0.29) is 22.4 Å². The highest BCUT2D eigenvalue weighted by atomic mass is 35.5. The standard InChI is InChI=1S/C11H14ClN3O3/c1-3-4-7(2)14-11(16)9-5-8(15(17)18)6-13-10(9)12/h5-7H,3-4H2,1-2H3,(H,14,16). The number of carbonyl (C=O) groups is 1. The number of pyridine rings is 1. The van der Waals surface area contributed by atoms with E-state index in [4.69, 9.17) is 11.6 Å². The van der Waals surface area contributed by atoms with Gasteiger partial charge in [0.2, 0.25) is 0 Å². The molecule has 0 radical (unpaired) electrons. The van der Waals surface area contributed by atoms with Gasteiger partial charge in [0.05, 0.1) is 10.5 Å². The molecule has 18 heavy (non-hydrogen) atoms. The lowest BCUT2D eigenvalue weighted by molar-refractivity contribution is -0.385. The molecule has 1 aromatic rings. The molecule has 0 saturated heterocycles. The largest absolute Gasteiger partial charge is 0.349 e. The first-order chi connectivity index (χ1) is 8.45. The first-order valence-corrected chi connectivity index (χ1v) is 5.94. The van der Waals surface area contributed by atoms with Crippen LogP contribution < -0.4 is 5.32 Å². The second-order valence-corrected chi connectivity index (χ2v) is 4.31. The Hall–Kier alpha value is -1.69. The van der Waals surface area contributed by atoms with E-state index < -0.39 is 10.8 Å². The van der Waals surface area contributed by atoms with Gasteiger partial charge in [-0.3, -0.25) is 14.9 Å². The van der Waals surface area contributed by atoms with Crippen molar-refractivity contribution >= 4 is 23.2 Å². The topological polar surface area (TPSA) is 85.1 Å². The fraction of sp³-hybridized carbons (Fsp3) is 0.455. The first-order valence-electron chi connectivity index (χ1n) is 5.56. The van der Waals surface area contributed by atoms with E-state index in [0.717, 1.165) is 25.1 Å². The molecular weight excluding hydrogens is 258 g/mol. The summed E-state index contributed by atoms with van der Waals surface area (Å²) < 4.78 is 0. The van der Waals surface area contributed by atoms with Crippen LogP contribution in [0.25, 0.3) is 0 Å². The summed E-state index contributed by atoms with van der Waals surface area (Å²) >= 11 is 5.76. The molecule has 0 aliphatic rings. The number of amides is 1. The first kappa shape index (κ1) is 14.4. The van der Waals surface area contributed by atoms with Crippen molar-refractivity contribution in [3.8, 4) is 0 Å². The van der Waals surface area contributed by atoms with Crippen LogP contribution in [0.2, 0.25) is 5.15 Å². The van der Waals surface area contributed by atoms with E-state index in [1.54, 1.807) is 0 Å². The average molecular weight is 272 g/mol. The maximum Gasteiger partial charge on any atom is 0.288 e. The minimum atomic E-state index is -0.615. The van der Waals surface area contributed by atoms with Gasteiger partial charge in [-0.1, -0.05) is 24.9 Å². The number of hydrogen-bond acceptors (Lipinski definition) is 4. The van der Waals surface area contributed by atoms with Crippen molar-refractivity contribution in [1.29, 1.82) is 0 Å². The van der Waals surface area contributed by atoms with E-state index in [9.17, 15) is 14.9 Å². The summed E-state index contributed by atoms with van der Waals surface area (Å²) in [4.78, 5) is 25.5. The van der Waals surface area contributed by atoms with Crippen molar-refractivity contribution in [3.63, 3.8) is 0 Å². The SMILES string of the molecule is CCCC(C)NC(=O)c1cc([N+](=O)[O-])cnc1Cl. The van der Waals surface area contributed by atoms with Crippen LogP contribution >= 0.6 is 11.6 Å². The van der Waals surface area contributed by atoms with Crippen molar-refractivity contribution in [1.82, 2.24) is 10.3 Å². The predicted octanol–water partition coefficient (Wildman–Crippen LogP) is 2.56. The molecule has 0 saturated carbocycles. The van der Waals surface area contributed by atoms with Crippen LogP contribution in [0.15, 0.2) is 12.3 Å². The van der Waals surface area contributed by atoms with Gasteiger partial charge >= 0.3 is 0 Å². The molecular formula is C11H14ClN3O3. The molecule has 0 bridgehead atoms. The van der Waals surface area contributed by atoms with E-state index in [1.807, 2.05) is 13.8 Å². The fourth-order valence-electron chi connectivity index (χ4n) is 1.50. The second kappa shape index (κ2) is 6.30. The molecule has 98 valence electrons. The Morgan fingerprint density at radius 3 is 2.89 bits per heavy atom. The van der Waals surface area contributed by atoms with Crippen LogP contribution in [0.5, 0.6) is 0 Å². The number of aromatic nitrogens is 1. The summed E-state index contributed by atoms with van der Waals surface area (Å²) in [5.74, 6) is -0.447. The maximum atomic E-state index is 11.9. The molecule has 1 rings (SSSR count). The Morgan fingerprint density at radius 1 is 1.67 bits per heavy atom. The van der Waals surface area contributed by atoms with E-state index >= 15 is 0 Å².